The van der Waals surface area contributed by atoms with Gasteiger partial charge in [-0.3, -0.25) is 0 Å². The van der Waals surface area contributed by atoms with Crippen LogP contribution >= 0.6 is 0 Å². The molecule has 4 rings (SSSR count). The fraction of sp³-hybridized carbons (Fsp3) is 0.410. The Morgan fingerprint density at radius 2 is 0.720 bits per heavy atom. The van der Waals surface area contributed by atoms with Crippen LogP contribution < -0.4 is 86.4 Å². The van der Waals surface area contributed by atoms with Gasteiger partial charge in [-0.15, -0.1) is 0 Å². The Bertz CT molecular complexity index is 1650. The van der Waals surface area contributed by atoms with Crippen LogP contribution in [0.15, 0.2) is 18.2 Å². The van der Waals surface area contributed by atoms with Gasteiger partial charge in [0.1, 0.15) is 34.5 Å². The normalized spacial score (nSPS) is 10.6. The van der Waals surface area contributed by atoms with Crippen molar-refractivity contribution in [3.8, 4) is 34.5 Å². The van der Waals surface area contributed by atoms with Gasteiger partial charge < -0.3 is 65.6 Å². The molecule has 0 unspecified atom stereocenters. The molecule has 0 saturated carbocycles. The molecule has 0 heterocycles. The monoisotopic (exact) mass is 796 g/mol. The van der Waals surface area contributed by atoms with Gasteiger partial charge in [-0.25, -0.2) is 0 Å². The van der Waals surface area contributed by atoms with E-state index in [-0.39, 0.29) is 58.9 Å². The molecule has 50 heavy (non-hydrogen) atoms. The number of hydrogen-bond donors (Lipinski definition) is 0. The van der Waals surface area contributed by atoms with Crippen LogP contribution in [0.25, 0.3) is 0 Å². The molecule has 0 aliphatic heterocycles. The summed E-state index contributed by atoms with van der Waals surface area (Å²) in [6.45, 7) is 21.7. The first kappa shape index (κ1) is 47.6. The molecule has 11 heteroatoms. The summed E-state index contributed by atoms with van der Waals surface area (Å²) in [5.41, 5.74) is 11.2. The molecule has 4 aromatic carbocycles. The van der Waals surface area contributed by atoms with Crippen LogP contribution in [0.4, 0.5) is 0 Å². The minimum absolute atomic E-state index is 0. The number of rotatable bonds is 10. The van der Waals surface area contributed by atoms with Crippen LogP contribution in [-0.4, -0.2) is 50.7 Å². The summed E-state index contributed by atoms with van der Waals surface area (Å²) in [6, 6.07) is 6.45. The molecule has 0 radical (unpaired) electrons. The smallest absolute Gasteiger partial charge is 1.00 e. The molecule has 0 fully saturated rings. The van der Waals surface area contributed by atoms with E-state index in [4.69, 9.17) is 28.4 Å². The zero-order chi connectivity index (χ0) is 34.4. The summed E-state index contributed by atoms with van der Waals surface area (Å²) < 4.78 is 37.2. The van der Waals surface area contributed by atoms with Crippen molar-refractivity contribution in [2.24, 2.45) is 0 Å². The number of methoxy groups -OCH3 is 6. The number of ether oxygens (including phenoxy) is 6. The van der Waals surface area contributed by atoms with E-state index in [1.54, 1.807) is 42.7 Å². The Morgan fingerprint density at radius 1 is 0.440 bits per heavy atom. The van der Waals surface area contributed by atoms with Crippen molar-refractivity contribution >= 4 is 28.8 Å². The van der Waals surface area contributed by atoms with Gasteiger partial charge in [0, 0.05) is 16.7 Å². The van der Waals surface area contributed by atoms with Crippen molar-refractivity contribution < 1.29 is 87.4 Å². The predicted octanol–water partition coefficient (Wildman–Crippen LogP) is -3.07. The van der Waals surface area contributed by atoms with Gasteiger partial charge in [-0.1, -0.05) is 27.7 Å². The summed E-state index contributed by atoms with van der Waals surface area (Å²) in [5, 5.41) is 4.73. The van der Waals surface area contributed by atoms with Gasteiger partial charge in [0.05, 0.1) is 42.7 Å². The Labute approximate surface area is 334 Å². The molecule has 272 valence electrons. The van der Waals surface area contributed by atoms with Crippen molar-refractivity contribution in [3.63, 3.8) is 0 Å². The molecule has 0 aromatic heterocycles. The van der Waals surface area contributed by atoms with Crippen LogP contribution in [0.2, 0.25) is 0 Å². The van der Waals surface area contributed by atoms with Crippen molar-refractivity contribution in [1.29, 1.82) is 0 Å². The van der Waals surface area contributed by atoms with E-state index in [0.29, 0.717) is 0 Å². The molecule has 4 aromatic rings. The van der Waals surface area contributed by atoms with Crippen molar-refractivity contribution in [1.82, 2.24) is 0 Å². The molecule has 0 bridgehead atoms. The summed E-state index contributed by atoms with van der Waals surface area (Å²) in [7, 11) is 6.95. The topological polar surface area (TPSA) is 55.4 Å². The van der Waals surface area contributed by atoms with Gasteiger partial charge in [0.2, 0.25) is 0 Å². The maximum Gasteiger partial charge on any atom is 4.00 e. The number of hydrogen-bond acceptors (Lipinski definition) is 6. The Balaban J connectivity index is 0.00000600. The summed E-state index contributed by atoms with van der Waals surface area (Å²) in [4.78, 5) is 0. The second kappa shape index (κ2) is 18.4. The van der Waals surface area contributed by atoms with E-state index >= 15 is 0 Å². The quantitative estimate of drug-likeness (QED) is 0.0967. The van der Waals surface area contributed by atoms with Crippen molar-refractivity contribution in [2.45, 2.75) is 69.2 Å². The van der Waals surface area contributed by atoms with Crippen molar-refractivity contribution in [2.75, 3.05) is 42.7 Å². The maximum atomic E-state index is 6.49. The Morgan fingerprint density at radius 3 is 0.920 bits per heavy atom. The zero-order valence-corrected chi connectivity index (χ0v) is 37.1. The number of benzene rings is 3. The third kappa shape index (κ3) is 7.03. The molecular weight excluding hydrogens is 747 g/mol. The molecule has 0 aliphatic carbocycles. The van der Waals surface area contributed by atoms with Gasteiger partial charge in [0.15, 0.2) is 8.07 Å². The first-order valence-electron chi connectivity index (χ1n) is 15.7. The van der Waals surface area contributed by atoms with Crippen LogP contribution in [0, 0.1) is 69.2 Å². The minimum Gasteiger partial charge on any atom is -1.00 e. The Kier molecular flexibility index (Phi) is 17.5. The molecule has 6 nitrogen and oxygen atoms in total. The number of halogens is 3. The average molecular weight is 798 g/mol. The van der Waals surface area contributed by atoms with Crippen LogP contribution in [0.3, 0.4) is 0 Å². The predicted molar refractivity (Wildman–Crippen MR) is 192 cm³/mol. The van der Waals surface area contributed by atoms with E-state index < -0.39 is 8.07 Å². The van der Waals surface area contributed by atoms with Gasteiger partial charge in [-0.2, -0.15) is 27.4 Å². The van der Waals surface area contributed by atoms with E-state index in [0.717, 1.165) is 83.4 Å². The minimum atomic E-state index is -3.47. The van der Waals surface area contributed by atoms with Gasteiger partial charge in [0.25, 0.3) is 0 Å². The standard InChI is InChI=1S/C39H51O6Si.3ClH.Ti/c1-20-17-30(40-11)27(8)33(43-14)36(20)46(39-25(6)23(4)24(5)26(39)7,37-21(2)18-31(41-12)28(9)34(37)44-15)38-22(3)19-32(42-13)29(10)35(38)45-16;;;;/h17-19H,1-16H3;3*1H;/q-1;;;;+4/p-3. The summed E-state index contributed by atoms with van der Waals surface area (Å²) in [5.74, 6) is 4.78. The molecule has 0 atom stereocenters. The van der Waals surface area contributed by atoms with Gasteiger partial charge in [-0.05, 0) is 92.0 Å². The molecular formula is C39H51Cl3O6SiTi. The van der Waals surface area contributed by atoms with E-state index in [9.17, 15) is 0 Å². The Hall–Kier alpha value is -2.39. The number of aryl methyl sites for hydroxylation is 3. The van der Waals surface area contributed by atoms with E-state index in [2.05, 4.69) is 87.4 Å². The SMILES string of the molecule is COc1cc(C)c([Si](c2c(C)cc(OC)c(C)c2OC)(c2c(C)cc(OC)c(C)c2OC)c2c(C)c(C)c(C)[c-]2C)c(OC)c1C.[Cl-].[Cl-].[Cl-].[Ti+4]. The summed E-state index contributed by atoms with van der Waals surface area (Å²) in [6.07, 6.45) is 0. The second-order valence-electron chi connectivity index (χ2n) is 12.4. The molecule has 0 amide bonds. The first-order chi connectivity index (χ1) is 21.7. The van der Waals surface area contributed by atoms with E-state index in [1.165, 1.54) is 27.4 Å². The molecule has 0 N–H and O–H groups in total. The van der Waals surface area contributed by atoms with Gasteiger partial charge >= 0.3 is 21.7 Å². The summed E-state index contributed by atoms with van der Waals surface area (Å²) >= 11 is 0. The average Bonchev–Trinajstić information content (AvgIpc) is 3.23. The molecule has 0 saturated heterocycles. The molecule has 0 aliphatic rings. The van der Waals surface area contributed by atoms with Crippen LogP contribution in [0.1, 0.15) is 55.6 Å². The third-order valence-electron chi connectivity index (χ3n) is 10.2. The molecule has 0 spiro atoms. The largest absolute Gasteiger partial charge is 4.00 e. The fourth-order valence-electron chi connectivity index (χ4n) is 7.90. The van der Waals surface area contributed by atoms with Crippen LogP contribution in [-0.2, 0) is 21.7 Å². The second-order valence-corrected chi connectivity index (χ2v) is 15.9. The maximum absolute atomic E-state index is 6.49. The van der Waals surface area contributed by atoms with E-state index in [1.807, 2.05) is 0 Å². The zero-order valence-electron chi connectivity index (χ0n) is 32.3. The van der Waals surface area contributed by atoms with Crippen LogP contribution in [0.5, 0.6) is 34.5 Å². The fourth-order valence-corrected chi connectivity index (χ4v) is 14.8. The first-order valence-corrected chi connectivity index (χ1v) is 17.7. The third-order valence-corrected chi connectivity index (χ3v) is 15.9. The van der Waals surface area contributed by atoms with Crippen molar-refractivity contribution in [3.05, 3.63) is 73.8 Å².